The molecule has 2 rings (SSSR count). The first-order valence-corrected chi connectivity index (χ1v) is 6.24. The second-order valence-corrected chi connectivity index (χ2v) is 4.83. The van der Waals surface area contributed by atoms with Crippen LogP contribution >= 0.6 is 0 Å². The number of carboxylic acid groups (broad SMARTS) is 1. The van der Waals surface area contributed by atoms with E-state index in [1.807, 2.05) is 6.92 Å². The zero-order valence-electron chi connectivity index (χ0n) is 10.6. The maximum Gasteiger partial charge on any atom is 0.326 e. The minimum absolute atomic E-state index is 0.0920. The van der Waals surface area contributed by atoms with Crippen LogP contribution in [0.4, 0.5) is 0 Å². The van der Waals surface area contributed by atoms with Gasteiger partial charge in [0, 0.05) is 12.6 Å². The number of aromatic nitrogens is 1. The van der Waals surface area contributed by atoms with Gasteiger partial charge in [-0.25, -0.2) is 4.79 Å². The summed E-state index contributed by atoms with van der Waals surface area (Å²) in [6, 6.07) is 3.45. The molecule has 1 saturated heterocycles. The smallest absolute Gasteiger partial charge is 0.326 e. The number of hydrogen-bond acceptors (Lipinski definition) is 3. The molecule has 2 unspecified atom stereocenters. The molecule has 0 spiro atoms. The molecule has 0 saturated carbocycles. The lowest BCUT2D eigenvalue weighted by molar-refractivity contribution is -0.145. The van der Waals surface area contributed by atoms with Crippen LogP contribution in [-0.2, 0) is 4.79 Å². The van der Waals surface area contributed by atoms with Crippen molar-refractivity contribution >= 4 is 11.9 Å². The van der Waals surface area contributed by atoms with E-state index in [4.69, 9.17) is 0 Å². The van der Waals surface area contributed by atoms with Crippen LogP contribution in [0.1, 0.15) is 30.3 Å². The third kappa shape index (κ3) is 2.67. The van der Waals surface area contributed by atoms with Gasteiger partial charge in [0.25, 0.3) is 5.91 Å². The Hall–Kier alpha value is -2.11. The molecule has 0 bridgehead atoms. The standard InChI is InChI=1S/C13H16N2O4/c1-8-4-3-7-15(11(8)13(18)19)12(17)9-5-2-6-10(16)14-9/h2,5-6,8,11H,3-4,7H2,1H3,(H,14,16)(H,18,19). The summed E-state index contributed by atoms with van der Waals surface area (Å²) in [5, 5.41) is 9.26. The summed E-state index contributed by atoms with van der Waals surface area (Å²) in [6.07, 6.45) is 1.56. The number of amides is 1. The molecule has 0 aromatic carbocycles. The van der Waals surface area contributed by atoms with Crippen molar-refractivity contribution in [1.29, 1.82) is 0 Å². The van der Waals surface area contributed by atoms with Gasteiger partial charge in [-0.3, -0.25) is 9.59 Å². The van der Waals surface area contributed by atoms with Crippen molar-refractivity contribution in [2.24, 2.45) is 5.92 Å². The second-order valence-electron chi connectivity index (χ2n) is 4.83. The van der Waals surface area contributed by atoms with Crippen molar-refractivity contribution in [3.05, 3.63) is 34.2 Å². The number of aliphatic carboxylic acids is 1. The molecule has 1 fully saturated rings. The molecule has 1 aromatic rings. The van der Waals surface area contributed by atoms with Crippen LogP contribution < -0.4 is 5.56 Å². The van der Waals surface area contributed by atoms with Gasteiger partial charge >= 0.3 is 5.97 Å². The molecule has 0 aliphatic carbocycles. The lowest BCUT2D eigenvalue weighted by atomic mass is 9.90. The zero-order valence-corrected chi connectivity index (χ0v) is 10.6. The van der Waals surface area contributed by atoms with Crippen LogP contribution in [0.3, 0.4) is 0 Å². The Balaban J connectivity index is 2.30. The van der Waals surface area contributed by atoms with E-state index in [0.717, 1.165) is 12.8 Å². The van der Waals surface area contributed by atoms with Gasteiger partial charge in [-0.05, 0) is 24.8 Å². The van der Waals surface area contributed by atoms with Gasteiger partial charge in [-0.15, -0.1) is 0 Å². The van der Waals surface area contributed by atoms with Crippen molar-refractivity contribution < 1.29 is 14.7 Å². The van der Waals surface area contributed by atoms with Gasteiger partial charge in [-0.1, -0.05) is 13.0 Å². The number of pyridine rings is 1. The summed E-state index contributed by atoms with van der Waals surface area (Å²) < 4.78 is 0. The minimum Gasteiger partial charge on any atom is -0.480 e. The van der Waals surface area contributed by atoms with Crippen LogP contribution in [0, 0.1) is 5.92 Å². The first-order chi connectivity index (χ1) is 9.00. The third-order valence-corrected chi connectivity index (χ3v) is 3.45. The zero-order chi connectivity index (χ0) is 14.0. The molecule has 102 valence electrons. The molecule has 2 atom stereocenters. The molecule has 19 heavy (non-hydrogen) atoms. The molecule has 0 radical (unpaired) electrons. The highest BCUT2D eigenvalue weighted by atomic mass is 16.4. The first-order valence-electron chi connectivity index (χ1n) is 6.24. The van der Waals surface area contributed by atoms with E-state index in [2.05, 4.69) is 4.98 Å². The number of likely N-dealkylation sites (tertiary alicyclic amines) is 1. The molecule has 1 amide bonds. The van der Waals surface area contributed by atoms with E-state index in [0.29, 0.717) is 6.54 Å². The van der Waals surface area contributed by atoms with Crippen LogP contribution in [0.15, 0.2) is 23.0 Å². The van der Waals surface area contributed by atoms with Crippen LogP contribution in [0.25, 0.3) is 0 Å². The Kier molecular flexibility index (Phi) is 3.69. The first kappa shape index (κ1) is 13.3. The number of piperidine rings is 1. The Morgan fingerprint density at radius 3 is 2.79 bits per heavy atom. The Morgan fingerprint density at radius 1 is 1.42 bits per heavy atom. The SMILES string of the molecule is CC1CCCN(C(=O)c2cccc(=O)[nH]2)C1C(=O)O. The molecule has 1 aliphatic heterocycles. The monoisotopic (exact) mass is 264 g/mol. The normalized spacial score (nSPS) is 23.1. The summed E-state index contributed by atoms with van der Waals surface area (Å²) in [4.78, 5) is 38.6. The number of nitrogens with one attached hydrogen (secondary N) is 1. The summed E-state index contributed by atoms with van der Waals surface area (Å²) in [5.74, 6) is -1.53. The average molecular weight is 264 g/mol. The summed E-state index contributed by atoms with van der Waals surface area (Å²) in [6.45, 7) is 2.23. The molecular weight excluding hydrogens is 248 g/mol. The van der Waals surface area contributed by atoms with Crippen molar-refractivity contribution in [2.45, 2.75) is 25.8 Å². The van der Waals surface area contributed by atoms with Crippen molar-refractivity contribution in [1.82, 2.24) is 9.88 Å². The van der Waals surface area contributed by atoms with E-state index in [1.54, 1.807) is 0 Å². The van der Waals surface area contributed by atoms with Crippen LogP contribution in [0.2, 0.25) is 0 Å². The number of carboxylic acids is 1. The summed E-state index contributed by atoms with van der Waals surface area (Å²) >= 11 is 0. The van der Waals surface area contributed by atoms with Crippen LogP contribution in [-0.4, -0.2) is 39.5 Å². The van der Waals surface area contributed by atoms with Crippen molar-refractivity contribution in [3.63, 3.8) is 0 Å². The largest absolute Gasteiger partial charge is 0.480 e. The molecule has 6 nitrogen and oxygen atoms in total. The lowest BCUT2D eigenvalue weighted by Gasteiger charge is -2.37. The lowest BCUT2D eigenvalue weighted by Crippen LogP contribution is -2.52. The van der Waals surface area contributed by atoms with Crippen molar-refractivity contribution in [2.75, 3.05) is 6.54 Å². The number of nitrogens with zero attached hydrogens (tertiary/aromatic N) is 1. The second kappa shape index (κ2) is 5.26. The number of H-pyrrole nitrogens is 1. The van der Waals surface area contributed by atoms with Gasteiger partial charge in [0.1, 0.15) is 11.7 Å². The number of carbonyl (C=O) groups is 2. The maximum absolute atomic E-state index is 12.3. The van der Waals surface area contributed by atoms with Gasteiger partial charge in [0.05, 0.1) is 0 Å². The van der Waals surface area contributed by atoms with E-state index >= 15 is 0 Å². The van der Waals surface area contributed by atoms with E-state index in [9.17, 15) is 19.5 Å². The fraction of sp³-hybridized carbons (Fsp3) is 0.462. The fourth-order valence-corrected chi connectivity index (χ4v) is 2.52. The molecule has 1 aromatic heterocycles. The van der Waals surface area contributed by atoms with E-state index in [-0.39, 0.29) is 17.2 Å². The van der Waals surface area contributed by atoms with E-state index in [1.165, 1.54) is 23.1 Å². The van der Waals surface area contributed by atoms with Crippen molar-refractivity contribution in [3.8, 4) is 0 Å². The van der Waals surface area contributed by atoms with Crippen LogP contribution in [0.5, 0.6) is 0 Å². The molecule has 6 heteroatoms. The number of carbonyl (C=O) groups excluding carboxylic acids is 1. The third-order valence-electron chi connectivity index (χ3n) is 3.45. The number of aromatic amines is 1. The van der Waals surface area contributed by atoms with Gasteiger partial charge in [0.15, 0.2) is 0 Å². The topological polar surface area (TPSA) is 90.5 Å². The highest BCUT2D eigenvalue weighted by molar-refractivity contribution is 5.95. The molecular formula is C13H16N2O4. The predicted molar refractivity (Wildman–Crippen MR) is 67.9 cm³/mol. The molecule has 2 N–H and O–H groups in total. The Labute approximate surface area is 110 Å². The summed E-state index contributed by atoms with van der Waals surface area (Å²) in [7, 11) is 0. The highest BCUT2D eigenvalue weighted by Gasteiger charge is 2.37. The van der Waals surface area contributed by atoms with Gasteiger partial charge in [-0.2, -0.15) is 0 Å². The molecule has 2 heterocycles. The van der Waals surface area contributed by atoms with Gasteiger partial charge < -0.3 is 15.0 Å². The van der Waals surface area contributed by atoms with E-state index < -0.39 is 17.9 Å². The molecule has 1 aliphatic rings. The average Bonchev–Trinajstić information content (AvgIpc) is 2.37. The van der Waals surface area contributed by atoms with Gasteiger partial charge in [0.2, 0.25) is 5.56 Å². The Bertz CT molecular complexity index is 552. The fourth-order valence-electron chi connectivity index (χ4n) is 2.52. The minimum atomic E-state index is -1.00. The maximum atomic E-state index is 12.3. The Morgan fingerprint density at radius 2 is 2.16 bits per heavy atom. The predicted octanol–water partition coefficient (Wildman–Crippen LogP) is 0.700. The summed E-state index contributed by atoms with van der Waals surface area (Å²) in [5.41, 5.74) is -0.240. The quantitative estimate of drug-likeness (QED) is 0.822. The number of hydrogen-bond donors (Lipinski definition) is 2. The highest BCUT2D eigenvalue weighted by Crippen LogP contribution is 2.24. The number of rotatable bonds is 2.